The summed E-state index contributed by atoms with van der Waals surface area (Å²) in [5.74, 6) is 0.329. The summed E-state index contributed by atoms with van der Waals surface area (Å²) in [6, 6.07) is 10.2. The van der Waals surface area contributed by atoms with E-state index in [9.17, 15) is 4.79 Å². The highest BCUT2D eigenvalue weighted by molar-refractivity contribution is 5.74. The average Bonchev–Trinajstić information content (AvgIpc) is 2.99. The van der Waals surface area contributed by atoms with Crippen molar-refractivity contribution < 1.29 is 9.53 Å². The number of carbonyl (C=O) groups is 1. The van der Waals surface area contributed by atoms with Gasteiger partial charge in [-0.2, -0.15) is 0 Å². The molecule has 22 heavy (non-hydrogen) atoms. The number of rotatable bonds is 6. The van der Waals surface area contributed by atoms with E-state index in [1.807, 2.05) is 32.0 Å². The first-order chi connectivity index (χ1) is 10.6. The molecule has 1 aromatic carbocycles. The van der Waals surface area contributed by atoms with Gasteiger partial charge in [0.1, 0.15) is 0 Å². The Balaban J connectivity index is 1.90. The quantitative estimate of drug-likeness (QED) is 0.819. The van der Waals surface area contributed by atoms with E-state index in [4.69, 9.17) is 4.74 Å². The maximum absolute atomic E-state index is 12.2. The Kier molecular flexibility index (Phi) is 6.01. The van der Waals surface area contributed by atoms with Gasteiger partial charge in [0.15, 0.2) is 0 Å². The molecule has 1 aromatic rings. The highest BCUT2D eigenvalue weighted by Crippen LogP contribution is 2.33. The monoisotopic (exact) mass is 302 g/mol. The maximum atomic E-state index is 12.2. The van der Waals surface area contributed by atoms with Crippen LogP contribution >= 0.6 is 0 Å². The van der Waals surface area contributed by atoms with E-state index in [1.165, 1.54) is 5.56 Å². The standard InChI is InChI=1S/C18H26N2O2/c1-4-20(13-14(2)3)18(21)19-12-16-10-11-22-17(16)15-8-6-5-7-9-15/h5-9,16-17H,2,4,10-13H2,1,3H3,(H,19,21). The van der Waals surface area contributed by atoms with Gasteiger partial charge in [0, 0.05) is 32.2 Å². The summed E-state index contributed by atoms with van der Waals surface area (Å²) >= 11 is 0. The molecule has 1 N–H and O–H groups in total. The Labute approximate surface area is 133 Å². The summed E-state index contributed by atoms with van der Waals surface area (Å²) in [6.45, 7) is 10.5. The third kappa shape index (κ3) is 4.34. The molecule has 0 spiro atoms. The second kappa shape index (κ2) is 7.99. The average molecular weight is 302 g/mol. The lowest BCUT2D eigenvalue weighted by Crippen LogP contribution is -2.42. The molecule has 1 aliphatic rings. The van der Waals surface area contributed by atoms with Gasteiger partial charge in [-0.25, -0.2) is 4.79 Å². The van der Waals surface area contributed by atoms with Crippen LogP contribution in [0, 0.1) is 5.92 Å². The number of urea groups is 1. The van der Waals surface area contributed by atoms with Crippen molar-refractivity contribution in [2.75, 3.05) is 26.2 Å². The molecule has 0 aromatic heterocycles. The Morgan fingerprint density at radius 3 is 2.77 bits per heavy atom. The molecule has 1 fully saturated rings. The van der Waals surface area contributed by atoms with E-state index >= 15 is 0 Å². The number of ether oxygens (including phenoxy) is 1. The van der Waals surface area contributed by atoms with Crippen LogP contribution in [0.1, 0.15) is 31.9 Å². The highest BCUT2D eigenvalue weighted by atomic mass is 16.5. The molecular formula is C18H26N2O2. The summed E-state index contributed by atoms with van der Waals surface area (Å²) in [4.78, 5) is 14.0. The predicted octanol–water partition coefficient (Wildman–Crippen LogP) is 3.37. The minimum absolute atomic E-state index is 0.0239. The van der Waals surface area contributed by atoms with Crippen molar-refractivity contribution in [2.24, 2.45) is 5.92 Å². The fourth-order valence-electron chi connectivity index (χ4n) is 2.84. The van der Waals surface area contributed by atoms with E-state index in [-0.39, 0.29) is 12.1 Å². The van der Waals surface area contributed by atoms with E-state index in [1.54, 1.807) is 4.90 Å². The smallest absolute Gasteiger partial charge is 0.317 e. The fraction of sp³-hybridized carbons (Fsp3) is 0.500. The van der Waals surface area contributed by atoms with Crippen LogP contribution in [0.3, 0.4) is 0 Å². The van der Waals surface area contributed by atoms with Gasteiger partial charge in [0.25, 0.3) is 0 Å². The molecule has 1 saturated heterocycles. The summed E-state index contributed by atoms with van der Waals surface area (Å²) in [5, 5.41) is 3.05. The highest BCUT2D eigenvalue weighted by Gasteiger charge is 2.30. The molecule has 1 aliphatic heterocycles. The Morgan fingerprint density at radius 2 is 2.14 bits per heavy atom. The van der Waals surface area contributed by atoms with Crippen LogP contribution in [-0.2, 0) is 4.74 Å². The van der Waals surface area contributed by atoms with Crippen molar-refractivity contribution in [1.82, 2.24) is 10.2 Å². The zero-order chi connectivity index (χ0) is 15.9. The second-order valence-electron chi connectivity index (χ2n) is 5.91. The number of amides is 2. The minimum Gasteiger partial charge on any atom is -0.373 e. The van der Waals surface area contributed by atoms with E-state index in [2.05, 4.69) is 24.0 Å². The summed E-state index contributed by atoms with van der Waals surface area (Å²) < 4.78 is 5.86. The zero-order valence-corrected chi connectivity index (χ0v) is 13.5. The van der Waals surface area contributed by atoms with Crippen molar-refractivity contribution >= 4 is 6.03 Å². The van der Waals surface area contributed by atoms with Gasteiger partial charge in [-0.3, -0.25) is 0 Å². The van der Waals surface area contributed by atoms with E-state index < -0.39 is 0 Å². The molecule has 1 heterocycles. The number of nitrogens with zero attached hydrogens (tertiary/aromatic N) is 1. The first-order valence-corrected chi connectivity index (χ1v) is 7.95. The summed E-state index contributed by atoms with van der Waals surface area (Å²) in [5.41, 5.74) is 2.18. The number of likely N-dealkylation sites (N-methyl/N-ethyl adjacent to an activating group) is 1. The molecular weight excluding hydrogens is 276 g/mol. The van der Waals surface area contributed by atoms with Gasteiger partial charge >= 0.3 is 6.03 Å². The number of hydrogen-bond donors (Lipinski definition) is 1. The number of hydrogen-bond acceptors (Lipinski definition) is 2. The summed E-state index contributed by atoms with van der Waals surface area (Å²) in [7, 11) is 0. The topological polar surface area (TPSA) is 41.6 Å². The van der Waals surface area contributed by atoms with Crippen LogP contribution in [-0.4, -0.2) is 37.2 Å². The van der Waals surface area contributed by atoms with Crippen LogP contribution in [0.2, 0.25) is 0 Å². The van der Waals surface area contributed by atoms with Crippen molar-refractivity contribution in [1.29, 1.82) is 0 Å². The van der Waals surface area contributed by atoms with E-state index in [0.717, 1.165) is 18.6 Å². The molecule has 0 aliphatic carbocycles. The van der Waals surface area contributed by atoms with Crippen molar-refractivity contribution in [3.05, 3.63) is 48.0 Å². The summed E-state index contributed by atoms with van der Waals surface area (Å²) in [6.07, 6.45) is 1.06. The Bertz CT molecular complexity index is 501. The van der Waals surface area contributed by atoms with Gasteiger partial charge in [-0.15, -0.1) is 0 Å². The van der Waals surface area contributed by atoms with Gasteiger partial charge in [0.05, 0.1) is 6.10 Å². The molecule has 2 amide bonds. The van der Waals surface area contributed by atoms with Gasteiger partial charge < -0.3 is 15.0 Å². The maximum Gasteiger partial charge on any atom is 0.317 e. The van der Waals surface area contributed by atoms with Crippen LogP contribution in [0.5, 0.6) is 0 Å². The molecule has 2 atom stereocenters. The lowest BCUT2D eigenvalue weighted by atomic mass is 9.95. The van der Waals surface area contributed by atoms with Crippen molar-refractivity contribution in [2.45, 2.75) is 26.4 Å². The normalized spacial score (nSPS) is 20.6. The Hall–Kier alpha value is -1.81. The van der Waals surface area contributed by atoms with Crippen LogP contribution in [0.25, 0.3) is 0 Å². The molecule has 120 valence electrons. The number of carbonyl (C=O) groups excluding carboxylic acids is 1. The second-order valence-corrected chi connectivity index (χ2v) is 5.91. The molecule has 4 heteroatoms. The molecule has 2 unspecified atom stereocenters. The third-order valence-electron chi connectivity index (χ3n) is 3.99. The molecule has 0 radical (unpaired) electrons. The SMILES string of the molecule is C=C(C)CN(CC)C(=O)NCC1CCOC1c1ccccc1. The van der Waals surface area contributed by atoms with Gasteiger partial charge in [0.2, 0.25) is 0 Å². The van der Waals surface area contributed by atoms with Crippen molar-refractivity contribution in [3.8, 4) is 0 Å². The van der Waals surface area contributed by atoms with Crippen LogP contribution in [0.15, 0.2) is 42.5 Å². The third-order valence-corrected chi connectivity index (χ3v) is 3.99. The largest absolute Gasteiger partial charge is 0.373 e. The van der Waals surface area contributed by atoms with Crippen LogP contribution in [0.4, 0.5) is 4.79 Å². The van der Waals surface area contributed by atoms with Gasteiger partial charge in [-0.05, 0) is 25.8 Å². The van der Waals surface area contributed by atoms with Crippen molar-refractivity contribution in [3.63, 3.8) is 0 Å². The van der Waals surface area contributed by atoms with Gasteiger partial charge in [-0.1, -0.05) is 42.5 Å². The van der Waals surface area contributed by atoms with Crippen LogP contribution < -0.4 is 5.32 Å². The molecule has 0 bridgehead atoms. The lowest BCUT2D eigenvalue weighted by molar-refractivity contribution is 0.0905. The molecule has 0 saturated carbocycles. The first kappa shape index (κ1) is 16.6. The fourth-order valence-corrected chi connectivity index (χ4v) is 2.84. The Morgan fingerprint density at radius 1 is 1.41 bits per heavy atom. The molecule has 2 rings (SSSR count). The number of benzene rings is 1. The zero-order valence-electron chi connectivity index (χ0n) is 13.5. The lowest BCUT2D eigenvalue weighted by Gasteiger charge is -2.24. The van der Waals surface area contributed by atoms with E-state index in [0.29, 0.717) is 25.6 Å². The number of nitrogens with one attached hydrogen (secondary N) is 1. The minimum atomic E-state index is -0.0239. The first-order valence-electron chi connectivity index (χ1n) is 7.95. The molecule has 4 nitrogen and oxygen atoms in total. The predicted molar refractivity (Wildman–Crippen MR) is 88.7 cm³/mol.